The van der Waals surface area contributed by atoms with E-state index in [1.807, 2.05) is 0 Å². The number of ether oxygens (including phenoxy) is 1. The molecule has 54 valence electrons. The lowest BCUT2D eigenvalue weighted by Gasteiger charge is -1.92. The molecule has 0 aromatic carbocycles. The molecule has 4 heteroatoms. The fourth-order valence-corrected chi connectivity index (χ4v) is 0.641. The van der Waals surface area contributed by atoms with Gasteiger partial charge in [-0.3, -0.25) is 0 Å². The smallest absolute Gasteiger partial charge is 0.354 e. The van der Waals surface area contributed by atoms with Gasteiger partial charge in [-0.05, 0) is 12.1 Å². The van der Waals surface area contributed by atoms with Crippen LogP contribution in [-0.2, 0) is 4.74 Å². The second-order valence-corrected chi connectivity index (χ2v) is 1.82. The van der Waals surface area contributed by atoms with E-state index in [4.69, 9.17) is 5.73 Å². The van der Waals surface area contributed by atoms with Crippen LogP contribution in [0.3, 0.4) is 0 Å². The second kappa shape index (κ2) is 2.43. The van der Waals surface area contributed by atoms with E-state index >= 15 is 0 Å². The summed E-state index contributed by atoms with van der Waals surface area (Å²) in [5.74, 6) is 0.0529. The van der Waals surface area contributed by atoms with E-state index in [1.165, 1.54) is 7.11 Å². The molecule has 0 saturated heterocycles. The summed E-state index contributed by atoms with van der Waals surface area (Å²) in [6.07, 6.45) is 0. The molecule has 0 saturated carbocycles. The van der Waals surface area contributed by atoms with Gasteiger partial charge in [0, 0.05) is 0 Å². The van der Waals surface area contributed by atoms with Crippen molar-refractivity contribution in [1.82, 2.24) is 4.98 Å². The number of nitrogens with two attached hydrogens (primary N) is 1. The molecule has 0 amide bonds. The van der Waals surface area contributed by atoms with Crippen molar-refractivity contribution in [3.63, 3.8) is 0 Å². The Morgan fingerprint density at radius 3 is 2.80 bits per heavy atom. The summed E-state index contributed by atoms with van der Waals surface area (Å²) in [5, 5.41) is 0. The molecule has 1 rings (SSSR count). The topological polar surface area (TPSA) is 68.1 Å². The lowest BCUT2D eigenvalue weighted by molar-refractivity contribution is 0.0595. The number of esters is 1. The Morgan fingerprint density at radius 2 is 2.40 bits per heavy atom. The predicted octanol–water partition coefficient (Wildman–Crippen LogP) is 0.383. The molecule has 1 aromatic rings. The second-order valence-electron chi connectivity index (χ2n) is 1.82. The van der Waals surface area contributed by atoms with Crippen LogP contribution in [0.15, 0.2) is 12.1 Å². The minimum Gasteiger partial charge on any atom is -0.464 e. The lowest BCUT2D eigenvalue weighted by Crippen LogP contribution is -2.01. The van der Waals surface area contributed by atoms with Crippen LogP contribution in [-0.4, -0.2) is 18.1 Å². The number of hydrogen-bond acceptors (Lipinski definition) is 3. The number of aromatic nitrogens is 1. The number of nitrogen functional groups attached to an aromatic ring is 1. The third-order valence-electron chi connectivity index (χ3n) is 1.11. The maximum Gasteiger partial charge on any atom is 0.354 e. The van der Waals surface area contributed by atoms with Crippen molar-refractivity contribution in [2.75, 3.05) is 12.8 Å². The molecule has 0 spiro atoms. The van der Waals surface area contributed by atoms with E-state index in [2.05, 4.69) is 9.72 Å². The number of H-pyrrole nitrogens is 1. The molecule has 0 aliphatic heterocycles. The third kappa shape index (κ3) is 1.10. The molecule has 0 aliphatic rings. The first-order chi connectivity index (χ1) is 4.74. The van der Waals surface area contributed by atoms with Gasteiger partial charge in [-0.25, -0.2) is 4.79 Å². The van der Waals surface area contributed by atoms with Gasteiger partial charge >= 0.3 is 5.97 Å². The summed E-state index contributed by atoms with van der Waals surface area (Å²) >= 11 is 0. The van der Waals surface area contributed by atoms with Gasteiger partial charge in [0.15, 0.2) is 0 Å². The Labute approximate surface area is 58.0 Å². The summed E-state index contributed by atoms with van der Waals surface area (Å²) in [7, 11) is 1.32. The maximum atomic E-state index is 10.7. The maximum absolute atomic E-state index is 10.7. The molecule has 0 unspecified atom stereocenters. The molecule has 10 heavy (non-hydrogen) atoms. The van der Waals surface area contributed by atoms with Crippen molar-refractivity contribution in [3.8, 4) is 0 Å². The monoisotopic (exact) mass is 140 g/mol. The normalized spacial score (nSPS) is 9.30. The fraction of sp³-hybridized carbons (Fsp3) is 0.167. The molecule has 0 bridgehead atoms. The van der Waals surface area contributed by atoms with Gasteiger partial charge in [0.25, 0.3) is 0 Å². The zero-order chi connectivity index (χ0) is 7.56. The van der Waals surface area contributed by atoms with Crippen LogP contribution in [0.1, 0.15) is 10.5 Å². The Kier molecular flexibility index (Phi) is 1.62. The van der Waals surface area contributed by atoms with E-state index in [0.29, 0.717) is 11.5 Å². The SMILES string of the molecule is COC(=O)c1ccc(N)[nH]1. The van der Waals surface area contributed by atoms with Crippen molar-refractivity contribution >= 4 is 11.8 Å². The van der Waals surface area contributed by atoms with Gasteiger partial charge < -0.3 is 15.5 Å². The number of anilines is 1. The van der Waals surface area contributed by atoms with Crippen molar-refractivity contribution < 1.29 is 9.53 Å². The van der Waals surface area contributed by atoms with E-state index < -0.39 is 5.97 Å². The van der Waals surface area contributed by atoms with Gasteiger partial charge in [0.2, 0.25) is 0 Å². The highest BCUT2D eigenvalue weighted by molar-refractivity contribution is 5.87. The highest BCUT2D eigenvalue weighted by atomic mass is 16.5. The highest BCUT2D eigenvalue weighted by Gasteiger charge is 2.05. The number of carbonyl (C=O) groups is 1. The molecule has 1 heterocycles. The van der Waals surface area contributed by atoms with Crippen LogP contribution in [0.5, 0.6) is 0 Å². The first-order valence-electron chi connectivity index (χ1n) is 2.77. The van der Waals surface area contributed by atoms with Gasteiger partial charge in [-0.2, -0.15) is 0 Å². The number of methoxy groups -OCH3 is 1. The van der Waals surface area contributed by atoms with Crippen LogP contribution >= 0.6 is 0 Å². The van der Waals surface area contributed by atoms with Crippen LogP contribution in [0.2, 0.25) is 0 Å². The Hall–Kier alpha value is -1.45. The van der Waals surface area contributed by atoms with Gasteiger partial charge in [-0.1, -0.05) is 0 Å². The Morgan fingerprint density at radius 1 is 1.70 bits per heavy atom. The van der Waals surface area contributed by atoms with Crippen molar-refractivity contribution in [2.24, 2.45) is 0 Å². The van der Waals surface area contributed by atoms with E-state index in [0.717, 1.165) is 0 Å². The van der Waals surface area contributed by atoms with Crippen molar-refractivity contribution in [1.29, 1.82) is 0 Å². The lowest BCUT2D eigenvalue weighted by atomic mass is 10.4. The van der Waals surface area contributed by atoms with Crippen LogP contribution in [0.4, 0.5) is 5.82 Å². The molecular formula is C6H8N2O2. The van der Waals surface area contributed by atoms with E-state index in [-0.39, 0.29) is 0 Å². The third-order valence-corrected chi connectivity index (χ3v) is 1.11. The molecule has 3 N–H and O–H groups in total. The molecular weight excluding hydrogens is 132 g/mol. The first kappa shape index (κ1) is 6.67. The first-order valence-corrected chi connectivity index (χ1v) is 2.77. The predicted molar refractivity (Wildman–Crippen MR) is 36.5 cm³/mol. The zero-order valence-electron chi connectivity index (χ0n) is 5.55. The van der Waals surface area contributed by atoms with E-state index in [1.54, 1.807) is 12.1 Å². The number of rotatable bonds is 1. The fourth-order valence-electron chi connectivity index (χ4n) is 0.641. The molecule has 0 radical (unpaired) electrons. The summed E-state index contributed by atoms with van der Waals surface area (Å²) in [6, 6.07) is 3.17. The van der Waals surface area contributed by atoms with Crippen LogP contribution in [0.25, 0.3) is 0 Å². The largest absolute Gasteiger partial charge is 0.464 e. The summed E-state index contributed by atoms with van der Waals surface area (Å²) in [6.45, 7) is 0. The number of carbonyl (C=O) groups excluding carboxylic acids is 1. The van der Waals surface area contributed by atoms with Gasteiger partial charge in [0.1, 0.15) is 11.5 Å². The molecule has 4 nitrogen and oxygen atoms in total. The summed E-state index contributed by atoms with van der Waals surface area (Å²) < 4.78 is 4.42. The Bertz CT molecular complexity index is 242. The van der Waals surface area contributed by atoms with E-state index in [9.17, 15) is 4.79 Å². The summed E-state index contributed by atoms with van der Waals surface area (Å²) in [4.78, 5) is 13.3. The van der Waals surface area contributed by atoms with Gasteiger partial charge in [-0.15, -0.1) is 0 Å². The average Bonchev–Trinajstić information content (AvgIpc) is 2.34. The van der Waals surface area contributed by atoms with Crippen LogP contribution < -0.4 is 5.73 Å². The molecule has 1 aromatic heterocycles. The Balaban J connectivity index is 2.85. The van der Waals surface area contributed by atoms with Crippen LogP contribution in [0, 0.1) is 0 Å². The molecule has 0 aliphatic carbocycles. The quantitative estimate of drug-likeness (QED) is 0.554. The van der Waals surface area contributed by atoms with Crippen molar-refractivity contribution in [3.05, 3.63) is 17.8 Å². The minimum atomic E-state index is -0.406. The molecule has 0 fully saturated rings. The molecule has 0 atom stereocenters. The number of nitrogens with one attached hydrogen (secondary N) is 1. The van der Waals surface area contributed by atoms with Gasteiger partial charge in [0.05, 0.1) is 7.11 Å². The zero-order valence-corrected chi connectivity index (χ0v) is 5.55. The number of aromatic amines is 1. The standard InChI is InChI=1S/C6H8N2O2/c1-10-6(9)4-2-3-5(7)8-4/h2-3,8H,7H2,1H3. The summed E-state index contributed by atoms with van der Waals surface area (Å²) in [5.41, 5.74) is 5.68. The average molecular weight is 140 g/mol. The minimum absolute atomic E-state index is 0.375. The highest BCUT2D eigenvalue weighted by Crippen LogP contribution is 2.03. The van der Waals surface area contributed by atoms with Crippen molar-refractivity contribution in [2.45, 2.75) is 0 Å². The number of hydrogen-bond donors (Lipinski definition) is 2.